The number of pyridine rings is 1. The normalized spacial score (nSPS) is 10.1. The predicted octanol–water partition coefficient (Wildman–Crippen LogP) is 1.28. The zero-order valence-electron chi connectivity index (χ0n) is 8.31. The van der Waals surface area contributed by atoms with E-state index >= 15 is 0 Å². The lowest BCUT2D eigenvalue weighted by Gasteiger charge is -2.01. The maximum atomic E-state index is 4.12. The number of hydrogen-bond donors (Lipinski definition) is 0. The zero-order chi connectivity index (χ0) is 9.97. The van der Waals surface area contributed by atoms with Crippen molar-refractivity contribution < 1.29 is 4.57 Å². The van der Waals surface area contributed by atoms with Crippen molar-refractivity contribution in [1.82, 2.24) is 9.97 Å². The first kappa shape index (κ1) is 8.81. The summed E-state index contributed by atoms with van der Waals surface area (Å²) in [5.74, 6) is 0. The number of aryl methyl sites for hydroxylation is 2. The Bertz CT molecular complexity index is 408. The highest BCUT2D eigenvalue weighted by Gasteiger charge is 2.10. The molecule has 0 aliphatic rings. The van der Waals surface area contributed by atoms with Crippen molar-refractivity contribution in [2.75, 3.05) is 0 Å². The monoisotopic (exact) mass is 186 g/mol. The molecule has 0 fully saturated rings. The van der Waals surface area contributed by atoms with Gasteiger partial charge in [-0.05, 0) is 18.6 Å². The maximum absolute atomic E-state index is 4.12. The van der Waals surface area contributed by atoms with Crippen LogP contribution in [0.25, 0.3) is 11.3 Å². The van der Waals surface area contributed by atoms with Gasteiger partial charge in [-0.15, -0.1) is 0 Å². The van der Waals surface area contributed by atoms with Gasteiger partial charge in [-0.2, -0.15) is 4.57 Å². The summed E-state index contributed by atoms with van der Waals surface area (Å²) < 4.78 is 2.05. The Morgan fingerprint density at radius 1 is 1.14 bits per heavy atom. The number of aromatic nitrogens is 3. The first-order valence-corrected chi connectivity index (χ1v) is 4.49. The fourth-order valence-corrected chi connectivity index (χ4v) is 1.44. The van der Waals surface area contributed by atoms with E-state index in [4.69, 9.17) is 0 Å². The highest BCUT2D eigenvalue weighted by Crippen LogP contribution is 2.16. The molecule has 0 unspecified atom stereocenters. The molecule has 0 aliphatic heterocycles. The molecule has 0 aromatic carbocycles. The summed E-state index contributed by atoms with van der Waals surface area (Å²) in [6.45, 7) is 2.05. The van der Waals surface area contributed by atoms with Gasteiger partial charge in [-0.25, -0.2) is 0 Å². The first-order valence-electron chi connectivity index (χ1n) is 4.49. The molecule has 0 spiro atoms. The van der Waals surface area contributed by atoms with Crippen molar-refractivity contribution in [1.29, 1.82) is 0 Å². The second kappa shape index (κ2) is 3.54. The summed E-state index contributed by atoms with van der Waals surface area (Å²) in [5, 5.41) is 0. The minimum atomic E-state index is 1.10. The minimum absolute atomic E-state index is 1.10. The summed E-state index contributed by atoms with van der Waals surface area (Å²) >= 11 is 0. The molecule has 3 nitrogen and oxygen atoms in total. The Morgan fingerprint density at radius 3 is 2.64 bits per heavy atom. The smallest absolute Gasteiger partial charge is 0.231 e. The molecule has 2 aromatic heterocycles. The Balaban J connectivity index is 2.61. The lowest BCUT2D eigenvalue weighted by molar-refractivity contribution is -0.660. The van der Waals surface area contributed by atoms with Crippen LogP contribution in [0.4, 0.5) is 0 Å². The van der Waals surface area contributed by atoms with Gasteiger partial charge >= 0.3 is 0 Å². The highest BCUT2D eigenvalue weighted by molar-refractivity contribution is 5.58. The van der Waals surface area contributed by atoms with Crippen molar-refractivity contribution in [2.24, 2.45) is 7.05 Å². The molecule has 0 radical (unpaired) electrons. The SMILES string of the molecule is Cc1cnccc1-c1cncc[n+]1C. The van der Waals surface area contributed by atoms with Gasteiger partial charge in [0.15, 0.2) is 6.20 Å². The van der Waals surface area contributed by atoms with Gasteiger partial charge in [0.05, 0.1) is 18.0 Å². The quantitative estimate of drug-likeness (QED) is 0.628. The van der Waals surface area contributed by atoms with Gasteiger partial charge in [-0.3, -0.25) is 9.97 Å². The molecule has 70 valence electrons. The first-order chi connectivity index (χ1) is 6.79. The molecule has 0 saturated heterocycles. The second-order valence-corrected chi connectivity index (χ2v) is 3.26. The third kappa shape index (κ3) is 1.48. The fraction of sp³-hybridized carbons (Fsp3) is 0.182. The van der Waals surface area contributed by atoms with Crippen LogP contribution in [0.5, 0.6) is 0 Å². The van der Waals surface area contributed by atoms with Crippen LogP contribution in [0.3, 0.4) is 0 Å². The topological polar surface area (TPSA) is 29.7 Å². The van der Waals surface area contributed by atoms with E-state index in [1.54, 1.807) is 12.4 Å². The molecule has 2 heterocycles. The van der Waals surface area contributed by atoms with Crippen molar-refractivity contribution >= 4 is 0 Å². The van der Waals surface area contributed by atoms with Gasteiger partial charge in [-0.1, -0.05) is 0 Å². The average molecular weight is 186 g/mol. The van der Waals surface area contributed by atoms with Crippen LogP contribution >= 0.6 is 0 Å². The van der Waals surface area contributed by atoms with Crippen LogP contribution in [0, 0.1) is 6.92 Å². The molecular weight excluding hydrogens is 174 g/mol. The predicted molar refractivity (Wildman–Crippen MR) is 53.4 cm³/mol. The minimum Gasteiger partial charge on any atom is -0.264 e. The van der Waals surface area contributed by atoms with E-state index in [0.717, 1.165) is 11.3 Å². The van der Waals surface area contributed by atoms with Gasteiger partial charge in [0.25, 0.3) is 0 Å². The third-order valence-corrected chi connectivity index (χ3v) is 2.25. The molecule has 2 rings (SSSR count). The lowest BCUT2D eigenvalue weighted by atomic mass is 10.1. The van der Waals surface area contributed by atoms with Gasteiger partial charge in [0, 0.05) is 12.4 Å². The molecule has 0 bridgehead atoms. The van der Waals surface area contributed by atoms with Crippen LogP contribution in [-0.2, 0) is 7.05 Å². The van der Waals surface area contributed by atoms with Gasteiger partial charge in [0.1, 0.15) is 7.05 Å². The van der Waals surface area contributed by atoms with Crippen molar-refractivity contribution in [3.63, 3.8) is 0 Å². The summed E-state index contributed by atoms with van der Waals surface area (Å²) in [5.41, 5.74) is 3.44. The fourth-order valence-electron chi connectivity index (χ4n) is 1.44. The molecule has 14 heavy (non-hydrogen) atoms. The van der Waals surface area contributed by atoms with E-state index in [2.05, 4.69) is 21.5 Å². The molecule has 0 aliphatic carbocycles. The molecule has 0 saturated carbocycles. The second-order valence-electron chi connectivity index (χ2n) is 3.26. The zero-order valence-corrected chi connectivity index (χ0v) is 8.31. The summed E-state index contributed by atoms with van der Waals surface area (Å²) in [4.78, 5) is 8.19. The van der Waals surface area contributed by atoms with E-state index < -0.39 is 0 Å². The van der Waals surface area contributed by atoms with E-state index in [0.29, 0.717) is 0 Å². The van der Waals surface area contributed by atoms with Crippen LogP contribution in [-0.4, -0.2) is 9.97 Å². The molecular formula is C11H12N3+. The summed E-state index contributed by atoms with van der Waals surface area (Å²) in [6.07, 6.45) is 9.25. The standard InChI is InChI=1S/C11H12N3/c1-9-7-12-4-3-10(9)11-8-13-5-6-14(11)2/h3-8H,1-2H3/q+1. The van der Waals surface area contributed by atoms with E-state index in [-0.39, 0.29) is 0 Å². The Kier molecular flexibility index (Phi) is 2.23. The van der Waals surface area contributed by atoms with Crippen LogP contribution < -0.4 is 4.57 Å². The average Bonchev–Trinajstić information content (AvgIpc) is 2.20. The molecule has 0 amide bonds. The molecule has 3 heteroatoms. The largest absolute Gasteiger partial charge is 0.264 e. The van der Waals surface area contributed by atoms with E-state index in [1.165, 1.54) is 5.56 Å². The highest BCUT2D eigenvalue weighted by atomic mass is 14.9. The van der Waals surface area contributed by atoms with Crippen LogP contribution in [0.15, 0.2) is 37.1 Å². The Morgan fingerprint density at radius 2 is 1.93 bits per heavy atom. The number of nitrogens with zero attached hydrogens (tertiary/aromatic N) is 3. The molecule has 0 N–H and O–H groups in total. The van der Waals surface area contributed by atoms with Crippen molar-refractivity contribution in [3.8, 4) is 11.3 Å². The van der Waals surface area contributed by atoms with Crippen LogP contribution in [0.1, 0.15) is 5.56 Å². The molecule has 2 aromatic rings. The van der Waals surface area contributed by atoms with Crippen LogP contribution in [0.2, 0.25) is 0 Å². The van der Waals surface area contributed by atoms with E-state index in [1.807, 2.05) is 31.7 Å². The Labute approximate surface area is 83.1 Å². The summed E-state index contributed by atoms with van der Waals surface area (Å²) in [7, 11) is 2.01. The summed E-state index contributed by atoms with van der Waals surface area (Å²) in [6, 6.07) is 2.01. The van der Waals surface area contributed by atoms with E-state index in [9.17, 15) is 0 Å². The molecule has 0 atom stereocenters. The van der Waals surface area contributed by atoms with Gasteiger partial charge < -0.3 is 0 Å². The third-order valence-electron chi connectivity index (χ3n) is 2.25. The van der Waals surface area contributed by atoms with Crippen molar-refractivity contribution in [2.45, 2.75) is 6.92 Å². The van der Waals surface area contributed by atoms with Gasteiger partial charge in [0.2, 0.25) is 5.69 Å². The lowest BCUT2D eigenvalue weighted by Crippen LogP contribution is -2.30. The number of rotatable bonds is 1. The maximum Gasteiger partial charge on any atom is 0.231 e. The van der Waals surface area contributed by atoms with Crippen molar-refractivity contribution in [3.05, 3.63) is 42.6 Å². The number of hydrogen-bond acceptors (Lipinski definition) is 2. The Hall–Kier alpha value is -1.77.